The van der Waals surface area contributed by atoms with Crippen LogP contribution in [0, 0.1) is 0 Å². The Bertz CT molecular complexity index is 665. The summed E-state index contributed by atoms with van der Waals surface area (Å²) < 4.78 is 50.7. The van der Waals surface area contributed by atoms with Gasteiger partial charge in [-0.1, -0.05) is 0 Å². The highest BCUT2D eigenvalue weighted by Crippen LogP contribution is 2.42. The fourth-order valence-electron chi connectivity index (χ4n) is 3.64. The molecule has 0 amide bonds. The smallest absolute Gasteiger partial charge is 0.419 e. The van der Waals surface area contributed by atoms with E-state index >= 15 is 0 Å². The number of piperidine rings is 1. The van der Waals surface area contributed by atoms with Crippen LogP contribution in [0.1, 0.15) is 56.5 Å². The predicted octanol–water partition coefficient (Wildman–Crippen LogP) is 4.52. The molecule has 0 aliphatic carbocycles. The third-order valence-electron chi connectivity index (χ3n) is 5.27. The first-order valence-electron chi connectivity index (χ1n) is 8.48. The summed E-state index contributed by atoms with van der Waals surface area (Å²) in [4.78, 5) is 13.8. The molecule has 4 nitrogen and oxygen atoms in total. The molecule has 0 N–H and O–H groups in total. The minimum absolute atomic E-state index is 0.156. The number of benzene rings is 1. The van der Waals surface area contributed by atoms with Gasteiger partial charge in [0.05, 0.1) is 18.2 Å². The number of carbonyl (C=O) groups is 1. The van der Waals surface area contributed by atoms with Crippen LogP contribution < -0.4 is 4.74 Å². The van der Waals surface area contributed by atoms with Crippen molar-refractivity contribution in [1.29, 1.82) is 0 Å². The number of hydrogen-bond acceptors (Lipinski definition) is 4. The number of carbonyl (C=O) groups excluding carboxylic acids is 1. The number of likely N-dealkylation sites (tertiary alicyclic amines) is 1. The van der Waals surface area contributed by atoms with E-state index in [1.54, 1.807) is 0 Å². The van der Waals surface area contributed by atoms with E-state index in [0.717, 1.165) is 13.2 Å². The number of nitrogens with zero attached hydrogens (tertiary/aromatic N) is 1. The topological polar surface area (TPSA) is 38.8 Å². The van der Waals surface area contributed by atoms with Gasteiger partial charge < -0.3 is 9.47 Å². The molecular formula is C19H26F3NO3. The van der Waals surface area contributed by atoms with Gasteiger partial charge >= 0.3 is 12.1 Å². The molecule has 1 heterocycles. The molecule has 0 spiro atoms. The molecular weight excluding hydrogens is 347 g/mol. The summed E-state index contributed by atoms with van der Waals surface area (Å²) in [5.74, 6) is -1.07. The van der Waals surface area contributed by atoms with Gasteiger partial charge in [0.1, 0.15) is 11.9 Å². The Morgan fingerprint density at radius 1 is 1.15 bits per heavy atom. The third kappa shape index (κ3) is 4.14. The zero-order valence-electron chi connectivity index (χ0n) is 16.0. The Hall–Kier alpha value is -1.76. The highest BCUT2D eigenvalue weighted by Gasteiger charge is 2.45. The van der Waals surface area contributed by atoms with Gasteiger partial charge in [0.15, 0.2) is 0 Å². The normalized spacial score (nSPS) is 20.7. The highest BCUT2D eigenvalue weighted by molar-refractivity contribution is 5.89. The van der Waals surface area contributed by atoms with Gasteiger partial charge in [-0.05, 0) is 52.9 Å². The van der Waals surface area contributed by atoms with Gasteiger partial charge in [-0.15, -0.1) is 0 Å². The van der Waals surface area contributed by atoms with Crippen molar-refractivity contribution in [1.82, 2.24) is 4.90 Å². The molecule has 1 aliphatic rings. The van der Waals surface area contributed by atoms with E-state index in [-0.39, 0.29) is 28.5 Å². The SMILES string of the molecule is COC(=O)c1ccc(OC2CC(C)(C)N(C)C(C)(C)C2)c(C(F)(F)F)c1. The Kier molecular flexibility index (Phi) is 5.34. The lowest BCUT2D eigenvalue weighted by molar-refractivity contribution is -0.140. The average molecular weight is 373 g/mol. The standard InChI is InChI=1S/C19H26F3NO3/c1-17(2)10-13(11-18(3,4)23(17)5)26-15-8-7-12(16(24)25-6)9-14(15)19(20,21)22/h7-9,13H,10-11H2,1-6H3. The summed E-state index contributed by atoms with van der Waals surface area (Å²) >= 11 is 0. The molecule has 1 fully saturated rings. The van der Waals surface area contributed by atoms with Crippen molar-refractivity contribution in [3.05, 3.63) is 29.3 Å². The summed E-state index contributed by atoms with van der Waals surface area (Å²) in [6.07, 6.45) is -3.79. The maximum atomic E-state index is 13.5. The Morgan fingerprint density at radius 3 is 2.15 bits per heavy atom. The first kappa shape index (κ1) is 20.6. The predicted molar refractivity (Wildman–Crippen MR) is 92.4 cm³/mol. The van der Waals surface area contributed by atoms with Crippen molar-refractivity contribution in [2.45, 2.75) is 63.9 Å². The van der Waals surface area contributed by atoms with E-state index in [2.05, 4.69) is 37.3 Å². The van der Waals surface area contributed by atoms with Gasteiger partial charge in [0.25, 0.3) is 0 Å². The second-order valence-corrected chi connectivity index (χ2v) is 8.03. The van der Waals surface area contributed by atoms with Gasteiger partial charge in [-0.2, -0.15) is 13.2 Å². The van der Waals surface area contributed by atoms with Crippen molar-refractivity contribution in [3.63, 3.8) is 0 Å². The maximum Gasteiger partial charge on any atom is 0.419 e. The first-order chi connectivity index (χ1) is 11.8. The zero-order chi connectivity index (χ0) is 19.9. The monoisotopic (exact) mass is 373 g/mol. The fourth-order valence-corrected chi connectivity index (χ4v) is 3.64. The third-order valence-corrected chi connectivity index (χ3v) is 5.27. The van der Waals surface area contributed by atoms with Crippen molar-refractivity contribution < 1.29 is 27.4 Å². The lowest BCUT2D eigenvalue weighted by atomic mass is 9.78. The molecule has 0 bridgehead atoms. The second kappa shape index (κ2) is 6.76. The molecule has 0 radical (unpaired) electrons. The minimum atomic E-state index is -4.63. The Morgan fingerprint density at radius 2 is 1.69 bits per heavy atom. The quantitative estimate of drug-likeness (QED) is 0.730. The molecule has 1 aliphatic heterocycles. The molecule has 1 saturated heterocycles. The molecule has 0 aromatic heterocycles. The van der Waals surface area contributed by atoms with E-state index in [1.807, 2.05) is 7.05 Å². The van der Waals surface area contributed by atoms with E-state index in [0.29, 0.717) is 12.8 Å². The van der Waals surface area contributed by atoms with Crippen LogP contribution in [-0.2, 0) is 10.9 Å². The molecule has 7 heteroatoms. The second-order valence-electron chi connectivity index (χ2n) is 8.03. The molecule has 146 valence electrons. The number of methoxy groups -OCH3 is 1. The van der Waals surface area contributed by atoms with Crippen molar-refractivity contribution >= 4 is 5.97 Å². The molecule has 0 saturated carbocycles. The van der Waals surface area contributed by atoms with Crippen molar-refractivity contribution in [2.75, 3.05) is 14.2 Å². The van der Waals surface area contributed by atoms with E-state index in [4.69, 9.17) is 4.74 Å². The van der Waals surface area contributed by atoms with Crippen molar-refractivity contribution in [3.8, 4) is 5.75 Å². The largest absolute Gasteiger partial charge is 0.490 e. The van der Waals surface area contributed by atoms with E-state index < -0.39 is 17.7 Å². The molecule has 26 heavy (non-hydrogen) atoms. The van der Waals surface area contributed by atoms with Crippen LogP contribution in [0.5, 0.6) is 5.75 Å². The zero-order valence-corrected chi connectivity index (χ0v) is 16.0. The van der Waals surface area contributed by atoms with Gasteiger partial charge in [-0.3, -0.25) is 4.90 Å². The Labute approximate surface area is 152 Å². The maximum absolute atomic E-state index is 13.5. The summed E-state index contributed by atoms with van der Waals surface area (Å²) in [6.45, 7) is 8.20. The molecule has 1 aromatic rings. The Balaban J connectivity index is 2.36. The van der Waals surface area contributed by atoms with Crippen LogP contribution in [0.15, 0.2) is 18.2 Å². The molecule has 2 rings (SSSR count). The lowest BCUT2D eigenvalue weighted by Crippen LogP contribution is -2.60. The number of rotatable bonds is 3. The fraction of sp³-hybridized carbons (Fsp3) is 0.632. The summed E-state index contributed by atoms with van der Waals surface area (Å²) in [6, 6.07) is 3.28. The number of alkyl halides is 3. The number of halogens is 3. The number of hydrogen-bond donors (Lipinski definition) is 0. The van der Waals surface area contributed by atoms with Crippen LogP contribution in [0.2, 0.25) is 0 Å². The minimum Gasteiger partial charge on any atom is -0.490 e. The lowest BCUT2D eigenvalue weighted by Gasteiger charge is -2.53. The van der Waals surface area contributed by atoms with Crippen molar-refractivity contribution in [2.24, 2.45) is 0 Å². The molecule has 1 aromatic carbocycles. The van der Waals surface area contributed by atoms with E-state index in [9.17, 15) is 18.0 Å². The average Bonchev–Trinajstić information content (AvgIpc) is 2.50. The first-order valence-corrected chi connectivity index (χ1v) is 8.48. The summed E-state index contributed by atoms with van der Waals surface area (Å²) in [7, 11) is 3.14. The van der Waals surface area contributed by atoms with Crippen LogP contribution in [0.4, 0.5) is 13.2 Å². The van der Waals surface area contributed by atoms with Crippen LogP contribution in [0.25, 0.3) is 0 Å². The molecule has 0 unspecified atom stereocenters. The van der Waals surface area contributed by atoms with Crippen LogP contribution in [0.3, 0.4) is 0 Å². The highest BCUT2D eigenvalue weighted by atomic mass is 19.4. The van der Waals surface area contributed by atoms with Gasteiger partial charge in [0, 0.05) is 23.9 Å². The van der Waals surface area contributed by atoms with Crippen LogP contribution >= 0.6 is 0 Å². The van der Waals surface area contributed by atoms with E-state index in [1.165, 1.54) is 12.1 Å². The summed E-state index contributed by atoms with van der Waals surface area (Å²) in [5, 5.41) is 0. The van der Waals surface area contributed by atoms with Gasteiger partial charge in [0.2, 0.25) is 0 Å². The number of esters is 1. The molecule has 0 atom stereocenters. The number of ether oxygens (including phenoxy) is 2. The summed E-state index contributed by atoms with van der Waals surface area (Å²) in [5.41, 5.74) is -1.54. The van der Waals surface area contributed by atoms with Crippen LogP contribution in [-0.4, -0.2) is 42.2 Å². The van der Waals surface area contributed by atoms with Gasteiger partial charge in [-0.25, -0.2) is 4.79 Å².